The molecule has 29 heavy (non-hydrogen) atoms. The molecule has 2 heterocycles. The molecule has 144 valence electrons. The fourth-order valence-corrected chi connectivity index (χ4v) is 3.15. The first-order valence-electron chi connectivity index (χ1n) is 9.27. The lowest BCUT2D eigenvalue weighted by molar-refractivity contribution is 0.0952. The Balaban J connectivity index is 1.52. The number of hydrogen-bond donors (Lipinski definition) is 3. The maximum atomic E-state index is 12.7. The molecule has 2 aromatic heterocycles. The lowest BCUT2D eigenvalue weighted by Crippen LogP contribution is -2.22. The van der Waals surface area contributed by atoms with Crippen LogP contribution in [0.15, 0.2) is 73.1 Å². The molecule has 6 nitrogen and oxygen atoms in total. The van der Waals surface area contributed by atoms with Gasteiger partial charge in [0.05, 0.1) is 17.4 Å². The van der Waals surface area contributed by atoms with E-state index in [0.29, 0.717) is 34.4 Å². The summed E-state index contributed by atoms with van der Waals surface area (Å²) in [6.45, 7) is 2.45. The smallest absolute Gasteiger partial charge is 0.255 e. The highest BCUT2D eigenvalue weighted by Gasteiger charge is 2.14. The SMILES string of the molecule is Cc1cccc(CNC(=O)c2c[nH]c3ncc(NC(=O)c4ccccc4)cc23)c1. The zero-order valence-electron chi connectivity index (χ0n) is 15.9. The van der Waals surface area contributed by atoms with Gasteiger partial charge in [0, 0.05) is 23.7 Å². The van der Waals surface area contributed by atoms with Gasteiger partial charge in [0.25, 0.3) is 11.8 Å². The number of pyridine rings is 1. The molecule has 0 radical (unpaired) electrons. The summed E-state index contributed by atoms with van der Waals surface area (Å²) in [5, 5.41) is 6.41. The average molecular weight is 384 g/mol. The van der Waals surface area contributed by atoms with Crippen LogP contribution in [0.4, 0.5) is 5.69 Å². The number of nitrogens with zero attached hydrogens (tertiary/aromatic N) is 1. The topological polar surface area (TPSA) is 86.9 Å². The number of aromatic amines is 1. The Morgan fingerprint density at radius 2 is 1.83 bits per heavy atom. The Hall–Kier alpha value is -3.93. The number of fused-ring (bicyclic) bond motifs is 1. The molecule has 0 saturated heterocycles. The molecular weight excluding hydrogens is 364 g/mol. The standard InChI is InChI=1S/C23H20N4O2/c1-15-6-5-7-16(10-15)12-26-23(29)20-14-25-21-19(20)11-18(13-24-21)27-22(28)17-8-3-2-4-9-17/h2-11,13-14H,12H2,1H3,(H,24,25)(H,26,29)(H,27,28). The van der Waals surface area contributed by atoms with Gasteiger partial charge in [0.1, 0.15) is 5.65 Å². The number of H-pyrrole nitrogens is 1. The largest absolute Gasteiger partial charge is 0.348 e. The predicted octanol–water partition coefficient (Wildman–Crippen LogP) is 4.05. The van der Waals surface area contributed by atoms with Crippen LogP contribution in [0, 0.1) is 6.92 Å². The number of benzene rings is 2. The van der Waals surface area contributed by atoms with Crippen LogP contribution in [0.1, 0.15) is 31.8 Å². The van der Waals surface area contributed by atoms with E-state index in [9.17, 15) is 9.59 Å². The summed E-state index contributed by atoms with van der Waals surface area (Å²) >= 11 is 0. The number of amides is 2. The summed E-state index contributed by atoms with van der Waals surface area (Å²) in [6, 6.07) is 18.7. The summed E-state index contributed by atoms with van der Waals surface area (Å²) in [5.74, 6) is -0.432. The van der Waals surface area contributed by atoms with Gasteiger partial charge in [0.2, 0.25) is 0 Å². The Morgan fingerprint density at radius 3 is 2.62 bits per heavy atom. The molecule has 0 bridgehead atoms. The van der Waals surface area contributed by atoms with Gasteiger partial charge in [-0.3, -0.25) is 9.59 Å². The quantitative estimate of drug-likeness (QED) is 0.485. The van der Waals surface area contributed by atoms with Crippen LogP contribution in [0.5, 0.6) is 0 Å². The van der Waals surface area contributed by atoms with Crippen molar-refractivity contribution in [2.75, 3.05) is 5.32 Å². The molecule has 3 N–H and O–H groups in total. The van der Waals surface area contributed by atoms with E-state index < -0.39 is 0 Å². The minimum atomic E-state index is -0.229. The van der Waals surface area contributed by atoms with Crippen molar-refractivity contribution in [2.24, 2.45) is 0 Å². The van der Waals surface area contributed by atoms with Gasteiger partial charge in [-0.25, -0.2) is 4.98 Å². The first-order chi connectivity index (χ1) is 14.1. The second-order valence-electron chi connectivity index (χ2n) is 6.81. The third-order valence-electron chi connectivity index (χ3n) is 4.61. The molecule has 0 fully saturated rings. The molecule has 4 rings (SSSR count). The molecule has 0 saturated carbocycles. The van der Waals surface area contributed by atoms with E-state index in [2.05, 4.69) is 20.6 Å². The average Bonchev–Trinajstić information content (AvgIpc) is 3.16. The molecule has 0 aliphatic rings. The lowest BCUT2D eigenvalue weighted by atomic mass is 10.1. The van der Waals surface area contributed by atoms with Crippen LogP contribution >= 0.6 is 0 Å². The van der Waals surface area contributed by atoms with Crippen molar-refractivity contribution in [2.45, 2.75) is 13.5 Å². The molecule has 0 unspecified atom stereocenters. The van der Waals surface area contributed by atoms with Gasteiger partial charge < -0.3 is 15.6 Å². The van der Waals surface area contributed by atoms with E-state index in [-0.39, 0.29) is 11.8 Å². The number of aryl methyl sites for hydroxylation is 1. The Labute approximate surface area is 168 Å². The van der Waals surface area contributed by atoms with Crippen molar-refractivity contribution in [3.8, 4) is 0 Å². The number of nitrogens with one attached hydrogen (secondary N) is 3. The predicted molar refractivity (Wildman–Crippen MR) is 113 cm³/mol. The summed E-state index contributed by atoms with van der Waals surface area (Å²) in [5.41, 5.74) is 4.33. The first kappa shape index (κ1) is 18.4. The number of rotatable bonds is 5. The molecule has 0 spiro atoms. The van der Waals surface area contributed by atoms with E-state index in [0.717, 1.165) is 11.1 Å². The van der Waals surface area contributed by atoms with Crippen LogP contribution in [-0.2, 0) is 6.54 Å². The van der Waals surface area contributed by atoms with Gasteiger partial charge in [-0.15, -0.1) is 0 Å². The van der Waals surface area contributed by atoms with Crippen LogP contribution in [0.25, 0.3) is 11.0 Å². The van der Waals surface area contributed by atoms with E-state index in [1.807, 2.05) is 37.3 Å². The molecular formula is C23H20N4O2. The van der Waals surface area contributed by atoms with Crippen molar-refractivity contribution in [1.29, 1.82) is 0 Å². The molecule has 2 aromatic carbocycles. The van der Waals surface area contributed by atoms with Gasteiger partial charge in [-0.1, -0.05) is 48.0 Å². The zero-order valence-corrected chi connectivity index (χ0v) is 15.9. The van der Waals surface area contributed by atoms with E-state index in [1.165, 1.54) is 0 Å². The maximum Gasteiger partial charge on any atom is 0.255 e. The molecule has 0 aliphatic carbocycles. The summed E-state index contributed by atoms with van der Waals surface area (Å²) in [6.07, 6.45) is 3.19. The number of carbonyl (C=O) groups is 2. The minimum Gasteiger partial charge on any atom is -0.348 e. The Kier molecular flexibility index (Phi) is 5.07. The van der Waals surface area contributed by atoms with E-state index >= 15 is 0 Å². The maximum absolute atomic E-state index is 12.7. The number of aromatic nitrogens is 2. The van der Waals surface area contributed by atoms with Crippen LogP contribution < -0.4 is 10.6 Å². The van der Waals surface area contributed by atoms with Crippen LogP contribution in [0.3, 0.4) is 0 Å². The highest BCUT2D eigenvalue weighted by molar-refractivity contribution is 6.08. The van der Waals surface area contributed by atoms with E-state index in [4.69, 9.17) is 0 Å². The highest BCUT2D eigenvalue weighted by atomic mass is 16.2. The lowest BCUT2D eigenvalue weighted by Gasteiger charge is -2.07. The molecule has 4 aromatic rings. The number of anilines is 1. The zero-order chi connectivity index (χ0) is 20.2. The summed E-state index contributed by atoms with van der Waals surface area (Å²) in [4.78, 5) is 32.4. The Morgan fingerprint density at radius 1 is 1.00 bits per heavy atom. The van der Waals surface area contributed by atoms with Crippen molar-refractivity contribution >= 4 is 28.5 Å². The molecule has 0 atom stereocenters. The Bertz CT molecular complexity index is 1180. The summed E-state index contributed by atoms with van der Waals surface area (Å²) in [7, 11) is 0. The highest BCUT2D eigenvalue weighted by Crippen LogP contribution is 2.21. The molecule has 6 heteroatoms. The normalized spacial score (nSPS) is 10.7. The summed E-state index contributed by atoms with van der Waals surface area (Å²) < 4.78 is 0. The molecule has 0 aliphatic heterocycles. The van der Waals surface area contributed by atoms with Crippen molar-refractivity contribution in [1.82, 2.24) is 15.3 Å². The van der Waals surface area contributed by atoms with Crippen molar-refractivity contribution in [3.63, 3.8) is 0 Å². The minimum absolute atomic E-state index is 0.203. The number of hydrogen-bond acceptors (Lipinski definition) is 3. The van der Waals surface area contributed by atoms with Gasteiger partial charge in [-0.05, 0) is 30.7 Å². The second-order valence-corrected chi connectivity index (χ2v) is 6.81. The fraction of sp³-hybridized carbons (Fsp3) is 0.0870. The number of carbonyl (C=O) groups excluding carboxylic acids is 2. The van der Waals surface area contributed by atoms with E-state index in [1.54, 1.807) is 42.7 Å². The van der Waals surface area contributed by atoms with Crippen LogP contribution in [-0.4, -0.2) is 21.8 Å². The van der Waals surface area contributed by atoms with Crippen molar-refractivity contribution < 1.29 is 9.59 Å². The fourth-order valence-electron chi connectivity index (χ4n) is 3.15. The van der Waals surface area contributed by atoms with Gasteiger partial charge >= 0.3 is 0 Å². The molecule has 2 amide bonds. The van der Waals surface area contributed by atoms with Crippen LogP contribution in [0.2, 0.25) is 0 Å². The van der Waals surface area contributed by atoms with Gasteiger partial charge in [0.15, 0.2) is 0 Å². The first-order valence-corrected chi connectivity index (χ1v) is 9.27. The second kappa shape index (κ2) is 7.98. The monoisotopic (exact) mass is 384 g/mol. The third-order valence-corrected chi connectivity index (χ3v) is 4.61. The van der Waals surface area contributed by atoms with Crippen molar-refractivity contribution in [3.05, 3.63) is 95.3 Å². The van der Waals surface area contributed by atoms with Gasteiger partial charge in [-0.2, -0.15) is 0 Å². The third kappa shape index (κ3) is 4.16.